The second-order valence-corrected chi connectivity index (χ2v) is 6.54. The molecule has 0 unspecified atom stereocenters. The first-order valence-electron chi connectivity index (χ1n) is 8.65. The summed E-state index contributed by atoms with van der Waals surface area (Å²) in [6.07, 6.45) is 0. The molecule has 1 N–H and O–H groups in total. The van der Waals surface area contributed by atoms with Crippen LogP contribution in [0.1, 0.15) is 16.7 Å². The topological polar surface area (TPSA) is 35.6 Å². The highest BCUT2D eigenvalue weighted by atomic mass is 19.1. The highest BCUT2D eigenvalue weighted by Crippen LogP contribution is 2.10. The minimum absolute atomic E-state index is 0.0112. The van der Waals surface area contributed by atoms with Gasteiger partial charge in [0, 0.05) is 39.3 Å². The number of benzene rings is 2. The first-order valence-corrected chi connectivity index (χ1v) is 8.65. The van der Waals surface area contributed by atoms with Gasteiger partial charge >= 0.3 is 6.03 Å². The number of carbonyl (C=O) groups excluding carboxylic acids is 1. The number of hydrogen-bond donors (Lipinski definition) is 1. The smallest absolute Gasteiger partial charge is 0.317 e. The Balaban J connectivity index is 1.43. The first kappa shape index (κ1) is 17.4. The van der Waals surface area contributed by atoms with Crippen LogP contribution in [0.25, 0.3) is 0 Å². The van der Waals surface area contributed by atoms with Gasteiger partial charge < -0.3 is 10.2 Å². The van der Waals surface area contributed by atoms with Gasteiger partial charge in [-0.2, -0.15) is 0 Å². The van der Waals surface area contributed by atoms with E-state index in [9.17, 15) is 9.18 Å². The lowest BCUT2D eigenvalue weighted by molar-refractivity contribution is 0.135. The quantitative estimate of drug-likeness (QED) is 0.927. The molecule has 3 rings (SSSR count). The number of piperazine rings is 1. The van der Waals surface area contributed by atoms with Gasteiger partial charge in [-0.05, 0) is 30.2 Å². The highest BCUT2D eigenvalue weighted by molar-refractivity contribution is 5.74. The Hall–Kier alpha value is -2.40. The van der Waals surface area contributed by atoms with Crippen LogP contribution in [0.15, 0.2) is 48.5 Å². The second-order valence-electron chi connectivity index (χ2n) is 6.54. The predicted molar refractivity (Wildman–Crippen MR) is 96.7 cm³/mol. The molecule has 1 aliphatic rings. The van der Waals surface area contributed by atoms with Crippen LogP contribution in [0.4, 0.5) is 9.18 Å². The van der Waals surface area contributed by atoms with E-state index in [1.807, 2.05) is 42.2 Å². The van der Waals surface area contributed by atoms with Crippen molar-refractivity contribution in [1.29, 1.82) is 0 Å². The predicted octanol–water partition coefficient (Wildman–Crippen LogP) is 3.16. The Kier molecular flexibility index (Phi) is 5.66. The van der Waals surface area contributed by atoms with E-state index in [-0.39, 0.29) is 11.8 Å². The van der Waals surface area contributed by atoms with E-state index >= 15 is 0 Å². The number of rotatable bonds is 4. The number of nitrogens with one attached hydrogen (secondary N) is 1. The van der Waals surface area contributed by atoms with Crippen LogP contribution in [0, 0.1) is 12.7 Å². The fraction of sp³-hybridized carbons (Fsp3) is 0.350. The minimum atomic E-state index is -0.209. The summed E-state index contributed by atoms with van der Waals surface area (Å²) in [7, 11) is 0. The van der Waals surface area contributed by atoms with Gasteiger partial charge in [-0.25, -0.2) is 9.18 Å². The molecule has 2 aromatic carbocycles. The van der Waals surface area contributed by atoms with Crippen molar-refractivity contribution in [2.24, 2.45) is 0 Å². The van der Waals surface area contributed by atoms with E-state index in [1.165, 1.54) is 17.7 Å². The maximum Gasteiger partial charge on any atom is 0.317 e. The highest BCUT2D eigenvalue weighted by Gasteiger charge is 2.20. The largest absolute Gasteiger partial charge is 0.334 e. The number of halogens is 1. The van der Waals surface area contributed by atoms with Gasteiger partial charge in [-0.3, -0.25) is 4.90 Å². The summed E-state index contributed by atoms with van der Waals surface area (Å²) in [5, 5.41) is 2.99. The minimum Gasteiger partial charge on any atom is -0.334 e. The Morgan fingerprint density at radius 1 is 1.04 bits per heavy atom. The molecule has 1 saturated heterocycles. The molecule has 0 spiro atoms. The first-order chi connectivity index (χ1) is 12.1. The molecule has 2 aromatic rings. The van der Waals surface area contributed by atoms with Gasteiger partial charge in [0.25, 0.3) is 0 Å². The third-order valence-corrected chi connectivity index (χ3v) is 4.51. The normalized spacial score (nSPS) is 15.2. The Morgan fingerprint density at radius 2 is 1.76 bits per heavy atom. The average Bonchev–Trinajstić information content (AvgIpc) is 2.62. The molecule has 0 radical (unpaired) electrons. The van der Waals surface area contributed by atoms with Crippen LogP contribution in [-0.4, -0.2) is 42.0 Å². The maximum absolute atomic E-state index is 13.0. The zero-order valence-electron chi connectivity index (χ0n) is 14.5. The van der Waals surface area contributed by atoms with Crippen LogP contribution < -0.4 is 5.32 Å². The molecule has 0 bridgehead atoms. The van der Waals surface area contributed by atoms with Gasteiger partial charge in [-0.1, -0.05) is 42.0 Å². The monoisotopic (exact) mass is 341 g/mol. The Bertz CT molecular complexity index is 709. The summed E-state index contributed by atoms with van der Waals surface area (Å²) in [6, 6.07) is 14.8. The third-order valence-electron chi connectivity index (χ3n) is 4.51. The molecule has 25 heavy (non-hydrogen) atoms. The van der Waals surface area contributed by atoms with Gasteiger partial charge in [-0.15, -0.1) is 0 Å². The van der Waals surface area contributed by atoms with Crippen LogP contribution in [0.2, 0.25) is 0 Å². The van der Waals surface area contributed by atoms with E-state index < -0.39 is 0 Å². The van der Waals surface area contributed by atoms with Crippen LogP contribution in [-0.2, 0) is 13.1 Å². The molecule has 0 atom stereocenters. The number of urea groups is 1. The summed E-state index contributed by atoms with van der Waals surface area (Å²) in [5.41, 5.74) is 3.41. The standard InChI is InChI=1S/C20H24FN3O/c1-16-3-2-4-18(13-16)14-22-20(25)24-11-9-23(10-12-24)15-17-5-7-19(21)8-6-17/h2-8,13H,9-12,14-15H2,1H3,(H,22,25). The molecule has 1 heterocycles. The van der Waals surface area contributed by atoms with Crippen molar-refractivity contribution in [3.63, 3.8) is 0 Å². The van der Waals surface area contributed by atoms with Crippen molar-refractivity contribution in [3.8, 4) is 0 Å². The molecule has 1 fully saturated rings. The molecule has 0 saturated carbocycles. The number of amides is 2. The molecule has 5 heteroatoms. The van der Waals surface area contributed by atoms with Crippen molar-refractivity contribution >= 4 is 6.03 Å². The van der Waals surface area contributed by atoms with Crippen molar-refractivity contribution in [2.75, 3.05) is 26.2 Å². The van der Waals surface area contributed by atoms with Crippen molar-refractivity contribution in [3.05, 3.63) is 71.0 Å². The summed E-state index contributed by atoms with van der Waals surface area (Å²) in [5.74, 6) is -0.209. The van der Waals surface area contributed by atoms with Crippen molar-refractivity contribution < 1.29 is 9.18 Å². The molecule has 4 nitrogen and oxygen atoms in total. The summed E-state index contributed by atoms with van der Waals surface area (Å²) in [6.45, 7) is 6.47. The summed E-state index contributed by atoms with van der Waals surface area (Å²) in [4.78, 5) is 16.5. The lowest BCUT2D eigenvalue weighted by Gasteiger charge is -2.34. The summed E-state index contributed by atoms with van der Waals surface area (Å²) < 4.78 is 13.0. The van der Waals surface area contributed by atoms with Crippen molar-refractivity contribution in [2.45, 2.75) is 20.0 Å². The lowest BCUT2D eigenvalue weighted by Crippen LogP contribution is -2.51. The zero-order chi connectivity index (χ0) is 17.6. The van der Waals surface area contributed by atoms with Gasteiger partial charge in [0.15, 0.2) is 0 Å². The average molecular weight is 341 g/mol. The Morgan fingerprint density at radius 3 is 2.44 bits per heavy atom. The van der Waals surface area contributed by atoms with Crippen LogP contribution >= 0.6 is 0 Å². The van der Waals surface area contributed by atoms with E-state index in [0.717, 1.165) is 30.8 Å². The van der Waals surface area contributed by atoms with Crippen LogP contribution in [0.5, 0.6) is 0 Å². The van der Waals surface area contributed by atoms with Gasteiger partial charge in [0.05, 0.1) is 0 Å². The SMILES string of the molecule is Cc1cccc(CNC(=O)N2CCN(Cc3ccc(F)cc3)CC2)c1. The van der Waals surface area contributed by atoms with E-state index in [2.05, 4.69) is 16.3 Å². The van der Waals surface area contributed by atoms with E-state index in [0.29, 0.717) is 19.6 Å². The molecule has 132 valence electrons. The molecule has 1 aliphatic heterocycles. The van der Waals surface area contributed by atoms with Gasteiger partial charge in [0.1, 0.15) is 5.82 Å². The lowest BCUT2D eigenvalue weighted by atomic mass is 10.1. The van der Waals surface area contributed by atoms with Crippen molar-refractivity contribution in [1.82, 2.24) is 15.1 Å². The second kappa shape index (κ2) is 8.12. The number of carbonyl (C=O) groups is 1. The molecule has 0 aliphatic carbocycles. The van der Waals surface area contributed by atoms with Crippen LogP contribution in [0.3, 0.4) is 0 Å². The van der Waals surface area contributed by atoms with E-state index in [1.54, 1.807) is 0 Å². The summed E-state index contributed by atoms with van der Waals surface area (Å²) >= 11 is 0. The van der Waals surface area contributed by atoms with Gasteiger partial charge in [0.2, 0.25) is 0 Å². The third kappa shape index (κ3) is 5.03. The molecular weight excluding hydrogens is 317 g/mol. The molecule has 0 aromatic heterocycles. The number of nitrogens with zero attached hydrogens (tertiary/aromatic N) is 2. The zero-order valence-corrected chi connectivity index (χ0v) is 14.5. The number of aryl methyl sites for hydroxylation is 1. The molecule has 2 amide bonds. The maximum atomic E-state index is 13.0. The van der Waals surface area contributed by atoms with E-state index in [4.69, 9.17) is 0 Å². The molecular formula is C20H24FN3O. The Labute approximate surface area is 148 Å². The number of hydrogen-bond acceptors (Lipinski definition) is 2. The fourth-order valence-corrected chi connectivity index (χ4v) is 3.07. The fourth-order valence-electron chi connectivity index (χ4n) is 3.07.